The van der Waals surface area contributed by atoms with Crippen LogP contribution < -0.4 is 16.0 Å². The van der Waals surface area contributed by atoms with E-state index < -0.39 is 8.07 Å². The molecule has 49 heavy (non-hydrogen) atoms. The number of aromatic nitrogens is 5. The van der Waals surface area contributed by atoms with Crippen molar-refractivity contribution in [2.45, 2.75) is 89.6 Å². The minimum Gasteiger partial charge on any atom is -0.360 e. The van der Waals surface area contributed by atoms with Crippen LogP contribution in [0.15, 0.2) is 54.9 Å². The number of pyridine rings is 1. The van der Waals surface area contributed by atoms with Crippen LogP contribution in [0.5, 0.6) is 0 Å². The lowest BCUT2D eigenvalue weighted by atomic mass is 9.80. The molecule has 1 aromatic carbocycles. The Morgan fingerprint density at radius 2 is 2.00 bits per heavy atom. The molecule has 2 aliphatic rings. The summed E-state index contributed by atoms with van der Waals surface area (Å²) in [7, 11) is 2.74. The number of ether oxygens (including phenoxy) is 1. The van der Waals surface area contributed by atoms with Crippen LogP contribution in [-0.2, 0) is 29.2 Å². The molecule has 2 aliphatic carbocycles. The zero-order valence-electron chi connectivity index (χ0n) is 29.8. The third-order valence-electron chi connectivity index (χ3n) is 9.37. The van der Waals surface area contributed by atoms with Crippen molar-refractivity contribution in [3.05, 3.63) is 71.7 Å². The average Bonchev–Trinajstić information content (AvgIpc) is 3.42. The van der Waals surface area contributed by atoms with E-state index in [2.05, 4.69) is 65.7 Å². The highest BCUT2D eigenvalue weighted by Crippen LogP contribution is 2.39. The predicted molar refractivity (Wildman–Crippen MR) is 199 cm³/mol. The summed E-state index contributed by atoms with van der Waals surface area (Å²) < 4.78 is 8.15. The Labute approximate surface area is 291 Å². The Kier molecular flexibility index (Phi) is 10.6. The third-order valence-corrected chi connectivity index (χ3v) is 11.1. The predicted octanol–water partition coefficient (Wildman–Crippen LogP) is 6.06. The maximum atomic E-state index is 12.2. The Bertz CT molecular complexity index is 1800. The summed E-state index contributed by atoms with van der Waals surface area (Å²) in [6.07, 6.45) is 12.1. The van der Waals surface area contributed by atoms with Gasteiger partial charge in [-0.2, -0.15) is 5.10 Å². The van der Waals surface area contributed by atoms with E-state index in [1.54, 1.807) is 12.3 Å². The Morgan fingerprint density at radius 1 is 1.14 bits per heavy atom. The fourth-order valence-corrected chi connectivity index (χ4v) is 7.45. The molecule has 11 nitrogen and oxygen atoms in total. The smallest absolute Gasteiger partial charge is 0.248 e. The maximum Gasteiger partial charge on any atom is 0.248 e. The first-order chi connectivity index (χ1) is 23.4. The zero-order chi connectivity index (χ0) is 34.6. The van der Waals surface area contributed by atoms with Gasteiger partial charge in [0.2, 0.25) is 11.9 Å². The van der Waals surface area contributed by atoms with Crippen molar-refractivity contribution in [1.29, 1.82) is 0 Å². The number of hydrogen-bond acceptors (Lipinski definition) is 9. The highest BCUT2D eigenvalue weighted by molar-refractivity contribution is 6.76. The minimum atomic E-state index is -1.19. The maximum absolute atomic E-state index is 12.2. The van der Waals surface area contributed by atoms with Crippen molar-refractivity contribution in [2.75, 3.05) is 37.9 Å². The van der Waals surface area contributed by atoms with Gasteiger partial charge in [-0.25, -0.2) is 14.6 Å². The molecule has 1 saturated carbocycles. The van der Waals surface area contributed by atoms with Crippen LogP contribution in [0.25, 0.3) is 22.3 Å². The molecule has 12 heteroatoms. The summed E-state index contributed by atoms with van der Waals surface area (Å²) in [6.45, 7) is 11.9. The van der Waals surface area contributed by atoms with Crippen LogP contribution in [0.1, 0.15) is 49.4 Å². The lowest BCUT2D eigenvalue weighted by Gasteiger charge is -2.39. The van der Waals surface area contributed by atoms with Gasteiger partial charge in [-0.15, -0.1) is 0 Å². The lowest BCUT2D eigenvalue weighted by molar-refractivity contribution is -0.111. The second kappa shape index (κ2) is 14.9. The number of hydrogen-bond donors (Lipinski definition) is 3. The number of carbonyl (C=O) groups is 1. The van der Waals surface area contributed by atoms with Gasteiger partial charge in [-0.05, 0) is 76.5 Å². The number of amides is 1. The lowest BCUT2D eigenvalue weighted by Crippen LogP contribution is -2.48. The second-order valence-corrected chi connectivity index (χ2v) is 20.9. The van der Waals surface area contributed by atoms with Gasteiger partial charge in [-0.1, -0.05) is 37.8 Å². The standard InChI is InChI=1S/C37H51N9O2Si/c1-37(40-24-29-14-15-30(23-38-29)41-32(47)13-9-17-45(2)3)16-8-11-28(21-37)42-36-39-22-27-20-26-10-7-12-31-33(26)35(34(27)43-36)46(44-31)25-48-18-19-49(4,5)6/h7,9-10,12-15,22-23,28,40H,8,11,16-21,24-25H2,1-6H3,(H,41,47)(H,39,42,43)/b13-9+/t28-,37+/m1/s1. The van der Waals surface area contributed by atoms with Crippen molar-refractivity contribution in [3.63, 3.8) is 0 Å². The van der Waals surface area contributed by atoms with E-state index in [4.69, 9.17) is 19.8 Å². The van der Waals surface area contributed by atoms with Crippen LogP contribution in [0.3, 0.4) is 0 Å². The molecule has 3 N–H and O–H groups in total. The van der Waals surface area contributed by atoms with Crippen molar-refractivity contribution >= 4 is 36.5 Å². The first-order valence-corrected chi connectivity index (χ1v) is 21.2. The van der Waals surface area contributed by atoms with Crippen molar-refractivity contribution < 1.29 is 9.53 Å². The fraction of sp³-hybridized carbons (Fsp3) is 0.486. The zero-order valence-corrected chi connectivity index (χ0v) is 30.8. The molecule has 0 unspecified atom stereocenters. The van der Waals surface area contributed by atoms with Crippen LogP contribution in [0, 0.1) is 0 Å². The summed E-state index contributed by atoms with van der Waals surface area (Å²) in [6, 6.07) is 11.6. The third kappa shape index (κ3) is 8.99. The van der Waals surface area contributed by atoms with Crippen LogP contribution >= 0.6 is 0 Å². The number of nitrogens with one attached hydrogen (secondary N) is 3. The number of rotatable bonds is 14. The van der Waals surface area contributed by atoms with Gasteiger partial charge in [0.1, 0.15) is 6.73 Å². The fourth-order valence-electron chi connectivity index (χ4n) is 6.69. The average molecular weight is 682 g/mol. The van der Waals surface area contributed by atoms with E-state index in [9.17, 15) is 4.79 Å². The van der Waals surface area contributed by atoms with Gasteiger partial charge in [0.15, 0.2) is 0 Å². The van der Waals surface area contributed by atoms with E-state index in [1.165, 1.54) is 10.9 Å². The number of benzene rings is 1. The molecule has 0 radical (unpaired) electrons. The highest BCUT2D eigenvalue weighted by atomic mass is 28.3. The first kappa shape index (κ1) is 34.9. The number of carbonyl (C=O) groups excluding carboxylic acids is 1. The molecule has 4 aromatic rings. The summed E-state index contributed by atoms with van der Waals surface area (Å²) in [5.74, 6) is 0.500. The molecule has 0 aliphatic heterocycles. The van der Waals surface area contributed by atoms with Gasteiger partial charge >= 0.3 is 0 Å². The molecule has 3 aromatic heterocycles. The molecular weight excluding hydrogens is 631 g/mol. The molecule has 0 spiro atoms. The topological polar surface area (TPSA) is 122 Å². The molecular formula is C37H51N9O2Si. The van der Waals surface area contributed by atoms with Gasteiger partial charge < -0.3 is 25.6 Å². The summed E-state index contributed by atoms with van der Waals surface area (Å²) in [4.78, 5) is 28.7. The molecule has 6 rings (SSSR count). The summed E-state index contributed by atoms with van der Waals surface area (Å²) in [5.41, 5.74) is 6.88. The van der Waals surface area contributed by atoms with Gasteiger partial charge in [0.25, 0.3) is 0 Å². The Hall–Kier alpha value is -3.97. The van der Waals surface area contributed by atoms with E-state index >= 15 is 0 Å². The molecule has 0 bridgehead atoms. The van der Waals surface area contributed by atoms with Gasteiger partial charge in [-0.3, -0.25) is 9.78 Å². The second-order valence-electron chi connectivity index (χ2n) is 15.3. The summed E-state index contributed by atoms with van der Waals surface area (Å²) in [5, 5.41) is 16.4. The van der Waals surface area contributed by atoms with Crippen LogP contribution in [0.2, 0.25) is 25.7 Å². The Balaban J connectivity index is 1.09. The van der Waals surface area contributed by atoms with Gasteiger partial charge in [0.05, 0.1) is 34.5 Å². The molecule has 2 atom stereocenters. The van der Waals surface area contributed by atoms with Crippen molar-refractivity contribution in [2.24, 2.45) is 0 Å². The molecule has 260 valence electrons. The van der Waals surface area contributed by atoms with Crippen LogP contribution in [-0.4, -0.2) is 82.4 Å². The molecule has 1 amide bonds. The quantitative estimate of drug-likeness (QED) is 0.0729. The Morgan fingerprint density at radius 3 is 2.78 bits per heavy atom. The molecule has 0 saturated heterocycles. The van der Waals surface area contributed by atoms with E-state index in [-0.39, 0.29) is 17.5 Å². The van der Waals surface area contributed by atoms with E-state index in [0.717, 1.165) is 72.9 Å². The number of fused-ring (bicyclic) bond motifs is 2. The molecule has 1 fully saturated rings. The minimum absolute atomic E-state index is 0.0626. The van der Waals surface area contributed by atoms with E-state index in [1.807, 2.05) is 48.1 Å². The van der Waals surface area contributed by atoms with Crippen molar-refractivity contribution in [1.82, 2.24) is 34.9 Å². The number of likely N-dealkylation sites (N-methyl/N-ethyl adjacent to an activating group) is 1. The summed E-state index contributed by atoms with van der Waals surface area (Å²) >= 11 is 0. The van der Waals surface area contributed by atoms with E-state index in [0.29, 0.717) is 31.5 Å². The van der Waals surface area contributed by atoms with Gasteiger partial charge in [0, 0.05) is 69.0 Å². The van der Waals surface area contributed by atoms with Crippen LogP contribution in [0.4, 0.5) is 11.6 Å². The number of nitrogens with zero attached hydrogens (tertiary/aromatic N) is 6. The normalized spacial score (nSPS) is 19.0. The monoisotopic (exact) mass is 681 g/mol. The number of anilines is 2. The highest BCUT2D eigenvalue weighted by Gasteiger charge is 2.33. The largest absolute Gasteiger partial charge is 0.360 e. The first-order valence-electron chi connectivity index (χ1n) is 17.5. The van der Waals surface area contributed by atoms with Crippen molar-refractivity contribution in [3.8, 4) is 11.4 Å². The SMILES string of the molecule is CN(C)C/C=C/C(=O)Nc1ccc(CN[C@@]2(C)CCC[C@@H](Nc3ncc4c(n3)-c3c5c(cccc5nn3COCC[Si](C)(C)C)C4)C2)nc1. The molecule has 3 heterocycles.